The van der Waals surface area contributed by atoms with E-state index < -0.39 is 54.8 Å². The fraction of sp³-hybridized carbons (Fsp3) is 0.597. The van der Waals surface area contributed by atoms with Gasteiger partial charge in [0.25, 0.3) is 0 Å². The topological polar surface area (TPSA) is 157 Å². The third-order valence-electron chi connectivity index (χ3n) is 15.9. The quantitative estimate of drug-likeness (QED) is 0.0245. The van der Waals surface area contributed by atoms with Crippen molar-refractivity contribution in [3.05, 3.63) is 144 Å². The molecule has 2 N–H and O–H groups in total. The van der Waals surface area contributed by atoms with Gasteiger partial charge in [-0.05, 0) is 85.0 Å². The second-order valence-electron chi connectivity index (χ2n) is 23.0. The molecule has 0 radical (unpaired) electrons. The van der Waals surface area contributed by atoms with Crippen molar-refractivity contribution >= 4 is 17.8 Å². The number of aliphatic hydroxyl groups excluding tert-OH is 1. The van der Waals surface area contributed by atoms with Gasteiger partial charge < -0.3 is 48.3 Å². The SMILES string of the molecule is CCCCCCCCCCCCC/C=C/[C@@H](OC(=O)c1ccccc1)[C@H](CO[C@@H]1O[C@H](COCc2ccc(OC)cc2)[C@@H](O)[C@H](OCc2ccc(OC)cc2)[C@H]1OC(=O)c1ccccc1)NC(=O)CCCCCCCCCCCCCCCCC. The molecule has 7 atom stereocenters. The number of carbonyl (C=O) groups is 3. The summed E-state index contributed by atoms with van der Waals surface area (Å²) in [5, 5.41) is 15.5. The van der Waals surface area contributed by atoms with E-state index in [1.165, 1.54) is 122 Å². The van der Waals surface area contributed by atoms with Gasteiger partial charge in [0.2, 0.25) is 5.91 Å². The highest BCUT2D eigenvalue weighted by atomic mass is 16.7. The van der Waals surface area contributed by atoms with Gasteiger partial charge in [0, 0.05) is 6.42 Å². The smallest absolute Gasteiger partial charge is 0.338 e. The van der Waals surface area contributed by atoms with Crippen LogP contribution < -0.4 is 14.8 Å². The average molecular weight is 1180 g/mol. The number of rotatable bonds is 47. The Balaban J connectivity index is 1.36. The van der Waals surface area contributed by atoms with Crippen molar-refractivity contribution in [2.75, 3.05) is 27.4 Å². The number of allylic oxidation sites excluding steroid dienone is 1. The molecule has 1 heterocycles. The predicted molar refractivity (Wildman–Crippen MR) is 338 cm³/mol. The number of carbonyl (C=O) groups excluding carboxylic acids is 3. The Hall–Kier alpha value is -5.57. The summed E-state index contributed by atoms with van der Waals surface area (Å²) in [6, 6.07) is 31.2. The summed E-state index contributed by atoms with van der Waals surface area (Å²) >= 11 is 0. The van der Waals surface area contributed by atoms with Crippen LogP contribution in [0.25, 0.3) is 0 Å². The molecule has 0 bridgehead atoms. The number of hydrogen-bond acceptors (Lipinski definition) is 12. The van der Waals surface area contributed by atoms with Crippen molar-refractivity contribution < 1.29 is 57.4 Å². The molecule has 470 valence electrons. The molecule has 1 saturated heterocycles. The fourth-order valence-corrected chi connectivity index (χ4v) is 10.7. The van der Waals surface area contributed by atoms with Crippen LogP contribution in [0.2, 0.25) is 0 Å². The zero-order chi connectivity index (χ0) is 60.4. The normalized spacial score (nSPS) is 17.5. The number of benzene rings is 4. The Morgan fingerprint density at radius 1 is 0.541 bits per heavy atom. The van der Waals surface area contributed by atoms with Crippen LogP contribution in [0.15, 0.2) is 121 Å². The van der Waals surface area contributed by atoms with Crippen LogP contribution in [0.5, 0.6) is 11.5 Å². The van der Waals surface area contributed by atoms with Crippen molar-refractivity contribution in [2.45, 2.75) is 250 Å². The number of unbranched alkanes of at least 4 members (excludes halogenated alkanes) is 25. The van der Waals surface area contributed by atoms with Gasteiger partial charge >= 0.3 is 11.9 Å². The number of esters is 2. The molecular formula is C72H105NO12. The molecule has 1 aliphatic heterocycles. The molecule has 0 aromatic heterocycles. The van der Waals surface area contributed by atoms with E-state index in [4.69, 9.17) is 37.9 Å². The number of hydrogen-bond donors (Lipinski definition) is 2. The van der Waals surface area contributed by atoms with Gasteiger partial charge in [-0.1, -0.05) is 235 Å². The molecule has 4 aromatic rings. The summed E-state index contributed by atoms with van der Waals surface area (Å²) in [4.78, 5) is 42.4. The van der Waals surface area contributed by atoms with Crippen LogP contribution in [0.3, 0.4) is 0 Å². The summed E-state index contributed by atoms with van der Waals surface area (Å²) in [7, 11) is 3.20. The highest BCUT2D eigenvalue weighted by molar-refractivity contribution is 5.90. The predicted octanol–water partition coefficient (Wildman–Crippen LogP) is 16.4. The lowest BCUT2D eigenvalue weighted by Crippen LogP contribution is -2.62. The van der Waals surface area contributed by atoms with Gasteiger partial charge in [0.05, 0.1) is 57.8 Å². The van der Waals surface area contributed by atoms with E-state index >= 15 is 0 Å². The molecule has 4 aromatic carbocycles. The van der Waals surface area contributed by atoms with Gasteiger partial charge in [0.1, 0.15) is 35.9 Å². The van der Waals surface area contributed by atoms with E-state index in [0.717, 1.165) is 56.1 Å². The number of nitrogens with one attached hydrogen (secondary N) is 1. The first kappa shape index (κ1) is 70.2. The molecule has 13 heteroatoms. The lowest BCUT2D eigenvalue weighted by Gasteiger charge is -2.44. The maximum atomic E-state index is 14.2. The van der Waals surface area contributed by atoms with Crippen LogP contribution in [-0.4, -0.2) is 93.2 Å². The second kappa shape index (κ2) is 44.0. The summed E-state index contributed by atoms with van der Waals surface area (Å²) in [6.07, 6.45) is 29.4. The van der Waals surface area contributed by atoms with Crippen LogP contribution in [0, 0.1) is 0 Å². The Morgan fingerprint density at radius 2 is 1.00 bits per heavy atom. The van der Waals surface area contributed by atoms with Gasteiger partial charge in [0.15, 0.2) is 12.4 Å². The number of aliphatic hydroxyl groups is 1. The standard InChI is InChI=1S/C72H105NO12/c1-5-7-9-11-13-15-17-19-20-22-24-26-28-30-38-44-66(74)73-63(64(83-70(76)59-39-33-31-34-40-59)43-37-29-27-25-23-21-18-16-14-12-10-8-6-2)55-82-72-69(85-71(77)60-41-35-32-36-42-60)68(81-54-58-47-51-62(79-4)52-48-58)67(75)65(84-72)56-80-53-57-45-49-61(78-3)50-46-57/h31-37,39-43,45-52,63-65,67-69,72,75H,5-30,38,44,53-56H2,1-4H3,(H,73,74)/b43-37+/t63-,64+,65+,67+,68-,69+,72+/m0/s1. The average Bonchev–Trinajstić information content (AvgIpc) is 3.68. The lowest BCUT2D eigenvalue weighted by atomic mass is 9.98. The Morgan fingerprint density at radius 3 is 1.49 bits per heavy atom. The van der Waals surface area contributed by atoms with E-state index in [-0.39, 0.29) is 44.3 Å². The van der Waals surface area contributed by atoms with E-state index in [9.17, 15) is 19.5 Å². The summed E-state index contributed by atoms with van der Waals surface area (Å²) < 4.78 is 49.6. The van der Waals surface area contributed by atoms with Gasteiger partial charge in [-0.15, -0.1) is 0 Å². The molecule has 1 aliphatic rings. The zero-order valence-corrected chi connectivity index (χ0v) is 52.2. The van der Waals surface area contributed by atoms with Crippen molar-refractivity contribution in [3.63, 3.8) is 0 Å². The molecular weight excluding hydrogens is 1070 g/mol. The zero-order valence-electron chi connectivity index (χ0n) is 52.2. The first-order valence-corrected chi connectivity index (χ1v) is 32.6. The molecule has 0 unspecified atom stereocenters. The molecule has 85 heavy (non-hydrogen) atoms. The van der Waals surface area contributed by atoms with Gasteiger partial charge in [-0.2, -0.15) is 0 Å². The number of amides is 1. The highest BCUT2D eigenvalue weighted by Gasteiger charge is 2.49. The van der Waals surface area contributed by atoms with Crippen LogP contribution in [0.4, 0.5) is 0 Å². The van der Waals surface area contributed by atoms with Gasteiger partial charge in [-0.25, -0.2) is 9.59 Å². The summed E-state index contributed by atoms with van der Waals surface area (Å²) in [6.45, 7) is 4.40. The summed E-state index contributed by atoms with van der Waals surface area (Å²) in [5.74, 6) is -0.0744. The first-order valence-electron chi connectivity index (χ1n) is 32.6. The Bertz CT molecular complexity index is 2370. The fourth-order valence-electron chi connectivity index (χ4n) is 10.7. The van der Waals surface area contributed by atoms with E-state index in [1.807, 2.05) is 66.7 Å². The second-order valence-corrected chi connectivity index (χ2v) is 23.0. The minimum Gasteiger partial charge on any atom is -0.497 e. The number of methoxy groups -OCH3 is 2. The van der Waals surface area contributed by atoms with Crippen molar-refractivity contribution in [1.82, 2.24) is 5.32 Å². The van der Waals surface area contributed by atoms with Crippen molar-refractivity contribution in [3.8, 4) is 11.5 Å². The maximum absolute atomic E-state index is 14.2. The van der Waals surface area contributed by atoms with Crippen molar-refractivity contribution in [2.24, 2.45) is 0 Å². The van der Waals surface area contributed by atoms with Crippen molar-refractivity contribution in [1.29, 1.82) is 0 Å². The van der Waals surface area contributed by atoms with Gasteiger partial charge in [-0.3, -0.25) is 4.79 Å². The molecule has 13 nitrogen and oxygen atoms in total. The summed E-state index contributed by atoms with van der Waals surface area (Å²) in [5.41, 5.74) is 2.28. The molecule has 0 spiro atoms. The highest BCUT2D eigenvalue weighted by Crippen LogP contribution is 2.30. The van der Waals surface area contributed by atoms with E-state index in [0.29, 0.717) is 23.5 Å². The van der Waals surface area contributed by atoms with Crippen LogP contribution >= 0.6 is 0 Å². The van der Waals surface area contributed by atoms with E-state index in [2.05, 4.69) is 19.2 Å². The molecule has 1 fully saturated rings. The minimum atomic E-state index is -1.37. The van der Waals surface area contributed by atoms with E-state index in [1.54, 1.807) is 68.8 Å². The Labute approximate surface area is 510 Å². The molecule has 1 amide bonds. The monoisotopic (exact) mass is 1180 g/mol. The number of ether oxygens (including phenoxy) is 8. The lowest BCUT2D eigenvalue weighted by molar-refractivity contribution is -0.311. The third kappa shape index (κ3) is 28.7. The molecule has 0 saturated carbocycles. The van der Waals surface area contributed by atoms with Crippen LogP contribution in [0.1, 0.15) is 225 Å². The van der Waals surface area contributed by atoms with Crippen LogP contribution in [-0.2, 0) is 46.4 Å². The molecule has 5 rings (SSSR count). The Kier molecular flexibility index (Phi) is 36.3. The minimum absolute atomic E-state index is 0.0245. The largest absolute Gasteiger partial charge is 0.497 e. The third-order valence-corrected chi connectivity index (χ3v) is 15.9. The maximum Gasteiger partial charge on any atom is 0.338 e. The molecule has 0 aliphatic carbocycles. The first-order chi connectivity index (χ1) is 41.7.